The Kier molecular flexibility index (Phi) is 4.39. The van der Waals surface area contributed by atoms with Crippen molar-refractivity contribution in [3.8, 4) is 11.4 Å². The first-order chi connectivity index (χ1) is 13.3. The molecule has 1 fully saturated rings. The Balaban J connectivity index is 1.21. The molecule has 5 rings (SSSR count). The lowest BCUT2D eigenvalue weighted by Gasteiger charge is -2.27. The Morgan fingerprint density at radius 2 is 1.78 bits per heavy atom. The summed E-state index contributed by atoms with van der Waals surface area (Å²) in [4.78, 5) is 8.09. The molecule has 0 amide bonds. The summed E-state index contributed by atoms with van der Waals surface area (Å²) in [6.45, 7) is 3.00. The molecule has 0 radical (unpaired) electrons. The third-order valence-electron chi connectivity index (χ3n) is 5.20. The standard InChI is InChI=1S/C20H20N6S/c1-2-6-15(7-3-1)19-22-24-26(23-19)14-25-12-10-16(11-13-25)20-21-17-8-4-5-9-18(17)27-20/h1-9,16H,10-14H2/p+1. The van der Waals surface area contributed by atoms with Gasteiger partial charge in [-0.2, -0.15) is 0 Å². The van der Waals surface area contributed by atoms with Crippen LogP contribution in [0, 0.1) is 0 Å². The van der Waals surface area contributed by atoms with Gasteiger partial charge in [-0.25, -0.2) is 4.98 Å². The molecule has 0 saturated carbocycles. The van der Waals surface area contributed by atoms with Crippen molar-refractivity contribution in [3.63, 3.8) is 0 Å². The van der Waals surface area contributed by atoms with E-state index in [1.165, 1.54) is 14.6 Å². The average molecular weight is 377 g/mol. The smallest absolute Gasteiger partial charge is 0.205 e. The molecule has 27 heavy (non-hydrogen) atoms. The first-order valence-electron chi connectivity index (χ1n) is 9.37. The third kappa shape index (κ3) is 3.48. The second-order valence-electron chi connectivity index (χ2n) is 7.05. The van der Waals surface area contributed by atoms with Crippen LogP contribution in [0.3, 0.4) is 0 Å². The molecule has 1 saturated heterocycles. The van der Waals surface area contributed by atoms with E-state index in [1.807, 2.05) is 41.7 Å². The van der Waals surface area contributed by atoms with Crippen molar-refractivity contribution < 1.29 is 4.90 Å². The maximum absolute atomic E-state index is 4.85. The van der Waals surface area contributed by atoms with Crippen molar-refractivity contribution in [1.29, 1.82) is 0 Å². The van der Waals surface area contributed by atoms with Crippen LogP contribution in [0.1, 0.15) is 23.8 Å². The molecule has 0 atom stereocenters. The summed E-state index contributed by atoms with van der Waals surface area (Å²) in [6.07, 6.45) is 2.32. The van der Waals surface area contributed by atoms with Crippen LogP contribution >= 0.6 is 11.3 Å². The number of tetrazole rings is 1. The average Bonchev–Trinajstić information content (AvgIpc) is 3.36. The maximum atomic E-state index is 4.85. The molecule has 0 unspecified atom stereocenters. The number of thiazole rings is 1. The van der Waals surface area contributed by atoms with Crippen LogP contribution in [0.15, 0.2) is 54.6 Å². The number of nitrogens with zero attached hydrogens (tertiary/aromatic N) is 5. The van der Waals surface area contributed by atoms with Crippen molar-refractivity contribution in [3.05, 3.63) is 59.6 Å². The third-order valence-corrected chi connectivity index (χ3v) is 6.40. The van der Waals surface area contributed by atoms with Gasteiger partial charge in [0.05, 0.1) is 28.3 Å². The first-order valence-corrected chi connectivity index (χ1v) is 10.2. The molecule has 0 bridgehead atoms. The predicted octanol–water partition coefficient (Wildman–Crippen LogP) is 2.37. The molecule has 3 heterocycles. The predicted molar refractivity (Wildman–Crippen MR) is 106 cm³/mol. The highest BCUT2D eigenvalue weighted by molar-refractivity contribution is 7.18. The van der Waals surface area contributed by atoms with Crippen LogP contribution in [0.2, 0.25) is 0 Å². The molecule has 7 heteroatoms. The Morgan fingerprint density at radius 3 is 2.59 bits per heavy atom. The van der Waals surface area contributed by atoms with Gasteiger partial charge in [0.15, 0.2) is 6.67 Å². The molecule has 2 aromatic heterocycles. The summed E-state index contributed by atoms with van der Waals surface area (Å²) < 4.78 is 1.29. The SMILES string of the molecule is c1ccc(-c2nnn(C[NH+]3CCC(c4nc5ccccc5s4)CC3)n2)cc1. The lowest BCUT2D eigenvalue weighted by molar-refractivity contribution is -0.929. The van der Waals surface area contributed by atoms with Gasteiger partial charge >= 0.3 is 0 Å². The fourth-order valence-corrected chi connectivity index (χ4v) is 4.85. The fourth-order valence-electron chi connectivity index (χ4n) is 3.71. The van der Waals surface area contributed by atoms with Crippen LogP contribution in [0.4, 0.5) is 0 Å². The number of quaternary nitrogens is 1. The Bertz CT molecular complexity index is 1000. The van der Waals surface area contributed by atoms with Crippen molar-refractivity contribution in [1.82, 2.24) is 25.2 Å². The minimum absolute atomic E-state index is 0.578. The normalized spacial score (nSPS) is 20.1. The maximum Gasteiger partial charge on any atom is 0.205 e. The highest BCUT2D eigenvalue weighted by Gasteiger charge is 2.26. The quantitative estimate of drug-likeness (QED) is 0.593. The van der Waals surface area contributed by atoms with E-state index < -0.39 is 0 Å². The summed E-state index contributed by atoms with van der Waals surface area (Å²) in [5.41, 5.74) is 2.14. The number of nitrogens with one attached hydrogen (secondary N) is 1. The molecular formula is C20H21N6S+. The Morgan fingerprint density at radius 1 is 1.00 bits per heavy atom. The number of piperidine rings is 1. The zero-order valence-electron chi connectivity index (χ0n) is 15.0. The van der Waals surface area contributed by atoms with Gasteiger partial charge in [0.1, 0.15) is 0 Å². The zero-order valence-corrected chi connectivity index (χ0v) is 15.8. The summed E-state index contributed by atoms with van der Waals surface area (Å²) in [6, 6.07) is 18.4. The number of hydrogen-bond donors (Lipinski definition) is 1. The lowest BCUT2D eigenvalue weighted by Crippen LogP contribution is -3.12. The van der Waals surface area contributed by atoms with E-state index in [1.54, 1.807) is 4.80 Å². The zero-order chi connectivity index (χ0) is 18.1. The highest BCUT2D eigenvalue weighted by atomic mass is 32.1. The summed E-state index contributed by atoms with van der Waals surface area (Å²) in [5, 5.41) is 14.3. The second-order valence-corrected chi connectivity index (χ2v) is 8.12. The van der Waals surface area contributed by atoms with Gasteiger partial charge in [-0.15, -0.1) is 26.3 Å². The first kappa shape index (κ1) is 16.5. The summed E-state index contributed by atoms with van der Waals surface area (Å²) in [5.74, 6) is 1.27. The van der Waals surface area contributed by atoms with Crippen LogP contribution in [0.25, 0.3) is 21.6 Å². The summed E-state index contributed by atoms with van der Waals surface area (Å²) >= 11 is 1.85. The number of benzene rings is 2. The van der Waals surface area contributed by atoms with E-state index in [9.17, 15) is 0 Å². The van der Waals surface area contributed by atoms with E-state index >= 15 is 0 Å². The molecule has 6 nitrogen and oxygen atoms in total. The Hall–Kier alpha value is -2.64. The topological polar surface area (TPSA) is 60.9 Å². The van der Waals surface area contributed by atoms with Gasteiger partial charge in [-0.05, 0) is 17.3 Å². The van der Waals surface area contributed by atoms with Gasteiger partial charge < -0.3 is 4.90 Å². The fraction of sp³-hybridized carbons (Fsp3) is 0.300. The minimum atomic E-state index is 0.578. The number of hydrogen-bond acceptors (Lipinski definition) is 5. The molecule has 0 spiro atoms. The van der Waals surface area contributed by atoms with E-state index in [0.29, 0.717) is 11.7 Å². The summed E-state index contributed by atoms with van der Waals surface area (Å²) in [7, 11) is 0. The van der Waals surface area contributed by atoms with Crippen LogP contribution in [0.5, 0.6) is 0 Å². The van der Waals surface area contributed by atoms with Crippen molar-refractivity contribution in [2.45, 2.75) is 25.4 Å². The van der Waals surface area contributed by atoms with E-state index in [2.05, 4.69) is 39.7 Å². The molecule has 136 valence electrons. The van der Waals surface area contributed by atoms with Crippen molar-refractivity contribution >= 4 is 21.6 Å². The lowest BCUT2D eigenvalue weighted by atomic mass is 9.98. The number of likely N-dealkylation sites (tertiary alicyclic amines) is 1. The number of fused-ring (bicyclic) bond motifs is 1. The Labute approximate surface area is 161 Å². The van der Waals surface area contributed by atoms with E-state index in [-0.39, 0.29) is 0 Å². The number of rotatable bonds is 4. The largest absolute Gasteiger partial charge is 0.315 e. The molecule has 1 N–H and O–H groups in total. The minimum Gasteiger partial charge on any atom is -0.315 e. The molecule has 4 aromatic rings. The molecule has 1 aliphatic heterocycles. The molecule has 2 aromatic carbocycles. The van der Waals surface area contributed by atoms with Gasteiger partial charge in [0.25, 0.3) is 0 Å². The van der Waals surface area contributed by atoms with Crippen LogP contribution in [-0.4, -0.2) is 38.3 Å². The highest BCUT2D eigenvalue weighted by Crippen LogP contribution is 2.31. The van der Waals surface area contributed by atoms with Gasteiger partial charge in [0, 0.05) is 24.3 Å². The van der Waals surface area contributed by atoms with Gasteiger partial charge in [0.2, 0.25) is 5.82 Å². The van der Waals surface area contributed by atoms with Crippen LogP contribution < -0.4 is 4.90 Å². The van der Waals surface area contributed by atoms with Crippen molar-refractivity contribution in [2.24, 2.45) is 0 Å². The van der Waals surface area contributed by atoms with Gasteiger partial charge in [-0.1, -0.05) is 42.5 Å². The molecular weight excluding hydrogens is 356 g/mol. The van der Waals surface area contributed by atoms with Gasteiger partial charge in [-0.3, -0.25) is 0 Å². The van der Waals surface area contributed by atoms with Crippen LogP contribution in [-0.2, 0) is 6.67 Å². The van der Waals surface area contributed by atoms with E-state index in [0.717, 1.165) is 43.7 Å². The second kappa shape index (κ2) is 7.17. The monoisotopic (exact) mass is 377 g/mol. The van der Waals surface area contributed by atoms with Crippen molar-refractivity contribution in [2.75, 3.05) is 13.1 Å². The molecule has 0 aliphatic carbocycles. The van der Waals surface area contributed by atoms with E-state index in [4.69, 9.17) is 4.98 Å². The molecule has 1 aliphatic rings. The number of aromatic nitrogens is 5. The number of para-hydroxylation sites is 1.